The molecule has 0 saturated heterocycles. The largest absolute Gasteiger partial charge is 0.409 e. The molecule has 0 aliphatic heterocycles. The zero-order valence-corrected chi connectivity index (χ0v) is 8.76. The van der Waals surface area contributed by atoms with Gasteiger partial charge < -0.3 is 0 Å². The van der Waals surface area contributed by atoms with Crippen LogP contribution >= 0.6 is 11.6 Å². The van der Waals surface area contributed by atoms with Crippen LogP contribution in [0.2, 0.25) is 0 Å². The molecule has 1 unspecified atom stereocenters. The third kappa shape index (κ3) is 1.97. The maximum absolute atomic E-state index is 12.5. The minimum atomic E-state index is -4.46. The van der Waals surface area contributed by atoms with Crippen LogP contribution in [0.15, 0.2) is 36.7 Å². The van der Waals surface area contributed by atoms with Gasteiger partial charge in [0, 0.05) is 23.3 Å². The van der Waals surface area contributed by atoms with Crippen LogP contribution in [-0.4, -0.2) is 11.2 Å². The van der Waals surface area contributed by atoms with E-state index in [1.165, 1.54) is 6.20 Å². The van der Waals surface area contributed by atoms with Crippen molar-refractivity contribution in [2.75, 3.05) is 0 Å². The van der Waals surface area contributed by atoms with Crippen molar-refractivity contribution < 1.29 is 13.2 Å². The molecule has 0 N–H and O–H groups in total. The number of aromatic nitrogens is 1. The van der Waals surface area contributed by atoms with E-state index in [1.807, 2.05) is 0 Å². The fourth-order valence-electron chi connectivity index (χ4n) is 1.52. The molecular weight excluding hydrogens is 239 g/mol. The highest BCUT2D eigenvalue weighted by atomic mass is 35.5. The van der Waals surface area contributed by atoms with Crippen molar-refractivity contribution in [2.24, 2.45) is 0 Å². The fraction of sp³-hybridized carbons (Fsp3) is 0.182. The molecule has 0 spiro atoms. The van der Waals surface area contributed by atoms with Gasteiger partial charge in [-0.2, -0.15) is 13.2 Å². The second-order valence-electron chi connectivity index (χ2n) is 3.35. The lowest BCUT2D eigenvalue weighted by molar-refractivity contribution is -0.131. The van der Waals surface area contributed by atoms with Gasteiger partial charge in [0.2, 0.25) is 0 Å². The van der Waals surface area contributed by atoms with E-state index in [0.717, 1.165) is 6.20 Å². The lowest BCUT2D eigenvalue weighted by atomic mass is 10.1. The summed E-state index contributed by atoms with van der Waals surface area (Å²) in [6.45, 7) is 0. The molecule has 0 radical (unpaired) electrons. The van der Waals surface area contributed by atoms with E-state index < -0.39 is 11.6 Å². The Kier molecular flexibility index (Phi) is 2.76. The first-order valence-electron chi connectivity index (χ1n) is 4.53. The van der Waals surface area contributed by atoms with Crippen molar-refractivity contribution >= 4 is 22.4 Å². The Morgan fingerprint density at radius 1 is 1.12 bits per heavy atom. The standard InChI is InChI=1S/C11H7ClF3N/c12-10(11(13,14)15)9-6-16-5-7-3-1-2-4-8(7)9/h1-6,10H. The number of fused-ring (bicyclic) bond motifs is 1. The molecule has 1 heterocycles. The summed E-state index contributed by atoms with van der Waals surface area (Å²) in [6.07, 6.45) is -1.79. The molecule has 1 nitrogen and oxygen atoms in total. The molecule has 0 fully saturated rings. The van der Waals surface area contributed by atoms with Crippen LogP contribution in [0.4, 0.5) is 13.2 Å². The van der Waals surface area contributed by atoms with Gasteiger partial charge in [-0.05, 0) is 5.39 Å². The van der Waals surface area contributed by atoms with Crippen LogP contribution in [0.3, 0.4) is 0 Å². The summed E-state index contributed by atoms with van der Waals surface area (Å²) in [6, 6.07) is 6.72. The predicted molar refractivity (Wildman–Crippen MR) is 56.4 cm³/mol. The monoisotopic (exact) mass is 245 g/mol. The lowest BCUT2D eigenvalue weighted by Gasteiger charge is -2.15. The summed E-state index contributed by atoms with van der Waals surface area (Å²) in [4.78, 5) is 3.76. The Hall–Kier alpha value is -1.29. The quantitative estimate of drug-likeness (QED) is 0.690. The van der Waals surface area contributed by atoms with Gasteiger partial charge in [-0.25, -0.2) is 0 Å². The normalized spacial score (nSPS) is 14.0. The summed E-state index contributed by atoms with van der Waals surface area (Å²) < 4.78 is 37.5. The van der Waals surface area contributed by atoms with E-state index in [1.54, 1.807) is 24.3 Å². The first-order chi connectivity index (χ1) is 7.50. The van der Waals surface area contributed by atoms with Gasteiger partial charge in [0.25, 0.3) is 0 Å². The summed E-state index contributed by atoms with van der Waals surface area (Å²) in [5.41, 5.74) is -0.00716. The van der Waals surface area contributed by atoms with Gasteiger partial charge in [0.1, 0.15) is 0 Å². The second-order valence-corrected chi connectivity index (χ2v) is 3.79. The molecular formula is C11H7ClF3N. The molecule has 84 valence electrons. The van der Waals surface area contributed by atoms with Crippen molar-refractivity contribution in [2.45, 2.75) is 11.6 Å². The number of alkyl halides is 4. The molecule has 16 heavy (non-hydrogen) atoms. The highest BCUT2D eigenvalue weighted by Crippen LogP contribution is 2.40. The van der Waals surface area contributed by atoms with Crippen LogP contribution < -0.4 is 0 Å². The molecule has 0 amide bonds. The van der Waals surface area contributed by atoms with Crippen LogP contribution in [0.25, 0.3) is 10.8 Å². The minimum absolute atomic E-state index is 0.00716. The zero-order valence-electron chi connectivity index (χ0n) is 8.00. The molecule has 2 rings (SSSR count). The minimum Gasteiger partial charge on any atom is -0.264 e. The van der Waals surface area contributed by atoms with Gasteiger partial charge in [0.15, 0.2) is 5.38 Å². The fourth-order valence-corrected chi connectivity index (χ4v) is 1.69. The maximum Gasteiger partial charge on any atom is 0.409 e. The molecule has 0 aliphatic carbocycles. The molecule has 0 bridgehead atoms. The van der Waals surface area contributed by atoms with Crippen molar-refractivity contribution in [3.8, 4) is 0 Å². The van der Waals surface area contributed by atoms with Gasteiger partial charge in [-0.15, -0.1) is 11.6 Å². The van der Waals surface area contributed by atoms with Crippen molar-refractivity contribution in [3.63, 3.8) is 0 Å². The van der Waals surface area contributed by atoms with E-state index in [0.29, 0.717) is 10.8 Å². The first kappa shape index (κ1) is 11.2. The summed E-state index contributed by atoms with van der Waals surface area (Å²) >= 11 is 5.40. The number of rotatable bonds is 1. The van der Waals surface area contributed by atoms with Gasteiger partial charge in [-0.3, -0.25) is 4.98 Å². The molecule has 0 saturated carbocycles. The third-order valence-electron chi connectivity index (χ3n) is 2.26. The Morgan fingerprint density at radius 3 is 2.50 bits per heavy atom. The van der Waals surface area contributed by atoms with Gasteiger partial charge in [0.05, 0.1) is 0 Å². The van der Waals surface area contributed by atoms with Crippen molar-refractivity contribution in [1.82, 2.24) is 4.98 Å². The lowest BCUT2D eigenvalue weighted by Crippen LogP contribution is -2.16. The Bertz CT molecular complexity index is 505. The highest BCUT2D eigenvalue weighted by molar-refractivity contribution is 6.22. The summed E-state index contributed by atoms with van der Waals surface area (Å²) in [5.74, 6) is 0. The van der Waals surface area contributed by atoms with Crippen LogP contribution in [0.5, 0.6) is 0 Å². The Balaban J connectivity index is 2.61. The SMILES string of the molecule is FC(F)(F)C(Cl)c1cncc2ccccc12. The molecule has 1 atom stereocenters. The number of halogens is 4. The van der Waals surface area contributed by atoms with Crippen LogP contribution in [0.1, 0.15) is 10.9 Å². The van der Waals surface area contributed by atoms with E-state index in [-0.39, 0.29) is 5.56 Å². The number of pyridine rings is 1. The molecule has 1 aromatic carbocycles. The van der Waals surface area contributed by atoms with E-state index in [2.05, 4.69) is 4.98 Å². The number of hydrogen-bond donors (Lipinski definition) is 0. The summed E-state index contributed by atoms with van der Waals surface area (Å²) in [5, 5.41) is -0.893. The summed E-state index contributed by atoms with van der Waals surface area (Å²) in [7, 11) is 0. The van der Waals surface area contributed by atoms with Gasteiger partial charge >= 0.3 is 6.18 Å². The Labute approximate surface area is 94.9 Å². The average molecular weight is 246 g/mol. The smallest absolute Gasteiger partial charge is 0.264 e. The zero-order chi connectivity index (χ0) is 11.8. The highest BCUT2D eigenvalue weighted by Gasteiger charge is 2.40. The average Bonchev–Trinajstić information content (AvgIpc) is 2.26. The predicted octanol–water partition coefficient (Wildman–Crippen LogP) is 4.08. The van der Waals surface area contributed by atoms with Crippen LogP contribution in [-0.2, 0) is 0 Å². The van der Waals surface area contributed by atoms with E-state index >= 15 is 0 Å². The topological polar surface area (TPSA) is 12.9 Å². The molecule has 2 aromatic rings. The first-order valence-corrected chi connectivity index (χ1v) is 4.97. The number of benzene rings is 1. The maximum atomic E-state index is 12.5. The molecule has 5 heteroatoms. The number of nitrogens with zero attached hydrogens (tertiary/aromatic N) is 1. The number of hydrogen-bond acceptors (Lipinski definition) is 1. The van der Waals surface area contributed by atoms with Crippen LogP contribution in [0, 0.1) is 0 Å². The van der Waals surface area contributed by atoms with Gasteiger partial charge in [-0.1, -0.05) is 24.3 Å². The van der Waals surface area contributed by atoms with E-state index in [9.17, 15) is 13.2 Å². The van der Waals surface area contributed by atoms with E-state index in [4.69, 9.17) is 11.6 Å². The molecule has 1 aromatic heterocycles. The molecule has 0 aliphatic rings. The second kappa shape index (κ2) is 3.94. The van der Waals surface area contributed by atoms with Crippen molar-refractivity contribution in [1.29, 1.82) is 0 Å². The third-order valence-corrected chi connectivity index (χ3v) is 2.74. The van der Waals surface area contributed by atoms with Crippen molar-refractivity contribution in [3.05, 3.63) is 42.2 Å². The Morgan fingerprint density at radius 2 is 1.81 bits per heavy atom.